The fourth-order valence-corrected chi connectivity index (χ4v) is 2.54. The first kappa shape index (κ1) is 15.6. The molecule has 1 aromatic heterocycles. The van der Waals surface area contributed by atoms with Crippen LogP contribution in [0.2, 0.25) is 0 Å². The average molecular weight is 314 g/mol. The molecule has 2 atom stereocenters. The summed E-state index contributed by atoms with van der Waals surface area (Å²) in [4.78, 5) is 16.0. The van der Waals surface area contributed by atoms with Crippen LogP contribution in [0.4, 0.5) is 4.79 Å². The van der Waals surface area contributed by atoms with Gasteiger partial charge in [0.15, 0.2) is 0 Å². The standard InChI is InChI=1S/C17H22N4O2/c1-12(20-17(23)19-10-16(22)13-5-6-13)14-3-2-4-15(9-14)21-8-7-18-11-21/h2-4,7-9,11-13,16,22H,5-6,10H2,1H3,(H2,19,20,23)/t12-,16-/m1/s1. The first-order chi connectivity index (χ1) is 11.1. The number of urea groups is 1. The average Bonchev–Trinajstić information content (AvgIpc) is 3.27. The van der Waals surface area contributed by atoms with Gasteiger partial charge in [-0.2, -0.15) is 0 Å². The summed E-state index contributed by atoms with van der Waals surface area (Å²) in [5.74, 6) is 0.361. The predicted molar refractivity (Wildman–Crippen MR) is 87.2 cm³/mol. The Morgan fingerprint density at radius 3 is 3.00 bits per heavy atom. The van der Waals surface area contributed by atoms with E-state index in [1.807, 2.05) is 42.0 Å². The van der Waals surface area contributed by atoms with Gasteiger partial charge in [-0.25, -0.2) is 9.78 Å². The highest BCUT2D eigenvalue weighted by Gasteiger charge is 2.29. The Hall–Kier alpha value is -2.34. The van der Waals surface area contributed by atoms with Crippen molar-refractivity contribution in [2.24, 2.45) is 5.92 Å². The second-order valence-electron chi connectivity index (χ2n) is 6.05. The van der Waals surface area contributed by atoms with E-state index < -0.39 is 6.10 Å². The highest BCUT2D eigenvalue weighted by molar-refractivity contribution is 5.74. The maximum absolute atomic E-state index is 11.9. The van der Waals surface area contributed by atoms with Crippen LogP contribution in [0.25, 0.3) is 5.69 Å². The fraction of sp³-hybridized carbons (Fsp3) is 0.412. The molecule has 23 heavy (non-hydrogen) atoms. The van der Waals surface area contributed by atoms with Crippen LogP contribution in [0, 0.1) is 5.92 Å². The Bertz CT molecular complexity index is 652. The third-order valence-electron chi connectivity index (χ3n) is 4.16. The summed E-state index contributed by atoms with van der Waals surface area (Å²) in [7, 11) is 0. The summed E-state index contributed by atoms with van der Waals surface area (Å²) in [6.45, 7) is 2.24. The van der Waals surface area contributed by atoms with E-state index in [0.29, 0.717) is 12.5 Å². The first-order valence-electron chi connectivity index (χ1n) is 7.94. The summed E-state index contributed by atoms with van der Waals surface area (Å²) < 4.78 is 1.92. The summed E-state index contributed by atoms with van der Waals surface area (Å²) in [6.07, 6.45) is 7.03. The molecule has 3 N–H and O–H groups in total. The van der Waals surface area contributed by atoms with Gasteiger partial charge in [0.2, 0.25) is 0 Å². The van der Waals surface area contributed by atoms with Gasteiger partial charge in [-0.15, -0.1) is 0 Å². The molecule has 0 saturated heterocycles. The van der Waals surface area contributed by atoms with Gasteiger partial charge in [-0.3, -0.25) is 0 Å². The molecular weight excluding hydrogens is 292 g/mol. The van der Waals surface area contributed by atoms with E-state index in [1.165, 1.54) is 0 Å². The molecule has 0 bridgehead atoms. The number of nitrogens with one attached hydrogen (secondary N) is 2. The third-order valence-corrected chi connectivity index (χ3v) is 4.16. The van der Waals surface area contributed by atoms with Crippen LogP contribution in [0.1, 0.15) is 31.4 Å². The highest BCUT2D eigenvalue weighted by Crippen LogP contribution is 2.32. The van der Waals surface area contributed by atoms with Crippen molar-refractivity contribution in [1.29, 1.82) is 0 Å². The van der Waals surface area contributed by atoms with E-state index in [9.17, 15) is 9.90 Å². The molecule has 3 rings (SSSR count). The topological polar surface area (TPSA) is 79.2 Å². The number of aliphatic hydroxyl groups is 1. The second-order valence-corrected chi connectivity index (χ2v) is 6.05. The number of hydrogen-bond donors (Lipinski definition) is 3. The minimum atomic E-state index is -0.430. The number of aliphatic hydroxyl groups excluding tert-OH is 1. The molecule has 1 fully saturated rings. The largest absolute Gasteiger partial charge is 0.391 e. The zero-order chi connectivity index (χ0) is 16.2. The van der Waals surface area contributed by atoms with Crippen molar-refractivity contribution < 1.29 is 9.90 Å². The number of imidazole rings is 1. The minimum Gasteiger partial charge on any atom is -0.391 e. The molecule has 6 nitrogen and oxygen atoms in total. The van der Waals surface area contributed by atoms with E-state index in [0.717, 1.165) is 24.1 Å². The van der Waals surface area contributed by atoms with Crippen LogP contribution >= 0.6 is 0 Å². The summed E-state index contributed by atoms with van der Waals surface area (Å²) in [5, 5.41) is 15.4. The number of carbonyl (C=O) groups excluding carboxylic acids is 1. The zero-order valence-electron chi connectivity index (χ0n) is 13.1. The molecule has 0 aliphatic heterocycles. The van der Waals surface area contributed by atoms with Crippen LogP contribution in [0.15, 0.2) is 43.0 Å². The monoisotopic (exact) mass is 314 g/mol. The number of amides is 2. The van der Waals surface area contributed by atoms with Crippen LogP contribution in [0.3, 0.4) is 0 Å². The molecule has 2 amide bonds. The normalized spacial score (nSPS) is 16.6. The van der Waals surface area contributed by atoms with Crippen molar-refractivity contribution in [1.82, 2.24) is 20.2 Å². The highest BCUT2D eigenvalue weighted by atomic mass is 16.3. The van der Waals surface area contributed by atoms with Crippen molar-refractivity contribution >= 4 is 6.03 Å². The van der Waals surface area contributed by atoms with Crippen molar-refractivity contribution in [2.75, 3.05) is 6.54 Å². The molecule has 1 aliphatic rings. The first-order valence-corrected chi connectivity index (χ1v) is 7.94. The van der Waals surface area contributed by atoms with Gasteiger partial charge in [-0.05, 0) is 43.4 Å². The molecule has 122 valence electrons. The quantitative estimate of drug-likeness (QED) is 0.763. The molecule has 0 radical (unpaired) electrons. The number of benzene rings is 1. The van der Waals surface area contributed by atoms with Crippen LogP contribution in [-0.4, -0.2) is 33.3 Å². The van der Waals surface area contributed by atoms with Gasteiger partial charge in [0, 0.05) is 24.6 Å². The van der Waals surface area contributed by atoms with Gasteiger partial charge in [0.05, 0.1) is 18.5 Å². The smallest absolute Gasteiger partial charge is 0.315 e. The fourth-order valence-electron chi connectivity index (χ4n) is 2.54. The summed E-state index contributed by atoms with van der Waals surface area (Å²) in [5.41, 5.74) is 2.01. The van der Waals surface area contributed by atoms with Gasteiger partial charge in [0.1, 0.15) is 0 Å². The van der Waals surface area contributed by atoms with Gasteiger partial charge >= 0.3 is 6.03 Å². The second kappa shape index (κ2) is 6.83. The van der Waals surface area contributed by atoms with Gasteiger partial charge in [-0.1, -0.05) is 12.1 Å². The maximum Gasteiger partial charge on any atom is 0.315 e. The number of nitrogens with zero attached hydrogens (tertiary/aromatic N) is 2. The summed E-state index contributed by atoms with van der Waals surface area (Å²) in [6, 6.07) is 7.55. The number of aromatic nitrogens is 2. The van der Waals surface area contributed by atoms with Crippen molar-refractivity contribution in [3.63, 3.8) is 0 Å². The Morgan fingerprint density at radius 2 is 2.30 bits per heavy atom. The Labute approximate surface area is 135 Å². The van der Waals surface area contributed by atoms with Crippen LogP contribution in [-0.2, 0) is 0 Å². The minimum absolute atomic E-state index is 0.128. The number of carbonyl (C=O) groups is 1. The zero-order valence-corrected chi connectivity index (χ0v) is 13.1. The van der Waals surface area contributed by atoms with E-state index in [2.05, 4.69) is 15.6 Å². The van der Waals surface area contributed by atoms with E-state index >= 15 is 0 Å². The number of rotatable bonds is 6. The lowest BCUT2D eigenvalue weighted by Gasteiger charge is -2.17. The SMILES string of the molecule is C[C@@H](NC(=O)NC[C@@H](O)C1CC1)c1cccc(-n2ccnc2)c1. The van der Waals surface area contributed by atoms with Crippen LogP contribution in [0.5, 0.6) is 0 Å². The third kappa shape index (κ3) is 4.10. The molecule has 2 aromatic rings. The maximum atomic E-state index is 11.9. The van der Waals surface area contributed by atoms with Crippen molar-refractivity contribution in [2.45, 2.75) is 31.9 Å². The molecular formula is C17H22N4O2. The Balaban J connectivity index is 1.56. The predicted octanol–water partition coefficient (Wildman–Crippen LogP) is 2.00. The van der Waals surface area contributed by atoms with Gasteiger partial charge in [0.25, 0.3) is 0 Å². The molecule has 1 aliphatic carbocycles. The molecule has 0 spiro atoms. The van der Waals surface area contributed by atoms with Crippen LogP contribution < -0.4 is 10.6 Å². The van der Waals surface area contributed by atoms with E-state index in [4.69, 9.17) is 0 Å². The summed E-state index contributed by atoms with van der Waals surface area (Å²) >= 11 is 0. The molecule has 1 saturated carbocycles. The van der Waals surface area contributed by atoms with Crippen molar-refractivity contribution in [3.05, 3.63) is 48.5 Å². The van der Waals surface area contributed by atoms with E-state index in [-0.39, 0.29) is 12.1 Å². The Morgan fingerprint density at radius 1 is 1.48 bits per heavy atom. The van der Waals surface area contributed by atoms with Gasteiger partial charge < -0.3 is 20.3 Å². The lowest BCUT2D eigenvalue weighted by atomic mass is 10.1. The van der Waals surface area contributed by atoms with E-state index in [1.54, 1.807) is 12.5 Å². The molecule has 1 heterocycles. The molecule has 6 heteroatoms. The lowest BCUT2D eigenvalue weighted by molar-refractivity contribution is 0.149. The Kier molecular flexibility index (Phi) is 4.62. The van der Waals surface area contributed by atoms with Crippen molar-refractivity contribution in [3.8, 4) is 5.69 Å². The lowest BCUT2D eigenvalue weighted by Crippen LogP contribution is -2.41. The molecule has 0 unspecified atom stereocenters. The molecule has 1 aromatic carbocycles. The number of hydrogen-bond acceptors (Lipinski definition) is 3.